The van der Waals surface area contributed by atoms with Gasteiger partial charge >= 0.3 is 0 Å². The number of ether oxygens (including phenoxy) is 1. The van der Waals surface area contributed by atoms with E-state index in [2.05, 4.69) is 21.9 Å². The van der Waals surface area contributed by atoms with Gasteiger partial charge in [-0.05, 0) is 56.7 Å². The molecule has 4 fully saturated rings. The fourth-order valence-electron chi connectivity index (χ4n) is 7.20. The Balaban J connectivity index is 1.27. The molecule has 0 N–H and O–H groups in total. The average molecular weight is 488 g/mol. The molecule has 4 saturated heterocycles. The zero-order valence-corrected chi connectivity index (χ0v) is 21.2. The largest absolute Gasteiger partial charge is 0.376 e. The number of amides is 2. The van der Waals surface area contributed by atoms with E-state index in [1.807, 2.05) is 60.5 Å². The minimum Gasteiger partial charge on any atom is -0.376 e. The molecule has 190 valence electrons. The summed E-state index contributed by atoms with van der Waals surface area (Å²) in [6.45, 7) is 1.83. The SMILES string of the molecule is CN(Cc1ccccc1)[C@@H](C(=O)N1C[C@H](C(=O)N2C3CCC2CC3)C[C@H]2OCC[C@@H]21)c1ccccc1. The topological polar surface area (TPSA) is 53.1 Å². The number of nitrogens with zero attached hydrogens (tertiary/aromatic N) is 3. The van der Waals surface area contributed by atoms with Gasteiger partial charge in [0.15, 0.2) is 0 Å². The molecule has 0 radical (unpaired) electrons. The van der Waals surface area contributed by atoms with Crippen molar-refractivity contribution in [2.24, 2.45) is 5.92 Å². The number of carbonyl (C=O) groups excluding carboxylic acids is 2. The number of piperidine rings is 1. The van der Waals surface area contributed by atoms with Gasteiger partial charge in [0.25, 0.3) is 0 Å². The van der Waals surface area contributed by atoms with Crippen molar-refractivity contribution in [3.63, 3.8) is 0 Å². The minimum atomic E-state index is -0.413. The van der Waals surface area contributed by atoms with E-state index in [1.165, 1.54) is 5.56 Å². The van der Waals surface area contributed by atoms with Crippen molar-refractivity contribution in [2.45, 2.75) is 75.3 Å². The summed E-state index contributed by atoms with van der Waals surface area (Å²) in [7, 11) is 2.03. The van der Waals surface area contributed by atoms with Gasteiger partial charge in [0.05, 0.1) is 18.1 Å². The Bertz CT molecular complexity index is 1060. The summed E-state index contributed by atoms with van der Waals surface area (Å²) in [5, 5.41) is 0. The van der Waals surface area contributed by atoms with Crippen LogP contribution in [0, 0.1) is 5.92 Å². The lowest BCUT2D eigenvalue weighted by molar-refractivity contribution is -0.150. The van der Waals surface area contributed by atoms with Gasteiger partial charge in [0.1, 0.15) is 6.04 Å². The summed E-state index contributed by atoms with van der Waals surface area (Å²) in [6, 6.07) is 20.8. The van der Waals surface area contributed by atoms with Crippen LogP contribution in [0.2, 0.25) is 0 Å². The first-order valence-corrected chi connectivity index (χ1v) is 13.6. The summed E-state index contributed by atoms with van der Waals surface area (Å²) >= 11 is 0. The second kappa shape index (κ2) is 9.98. The van der Waals surface area contributed by atoms with Gasteiger partial charge in [-0.15, -0.1) is 0 Å². The lowest BCUT2D eigenvalue weighted by Crippen LogP contribution is -2.57. The van der Waals surface area contributed by atoms with E-state index in [-0.39, 0.29) is 29.9 Å². The zero-order valence-electron chi connectivity index (χ0n) is 21.2. The van der Waals surface area contributed by atoms with Crippen LogP contribution in [0.15, 0.2) is 60.7 Å². The molecule has 0 saturated carbocycles. The zero-order chi connectivity index (χ0) is 24.6. The van der Waals surface area contributed by atoms with Crippen molar-refractivity contribution in [1.29, 1.82) is 0 Å². The third kappa shape index (κ3) is 4.35. The van der Waals surface area contributed by atoms with Crippen LogP contribution in [0.1, 0.15) is 55.7 Å². The Morgan fingerprint density at radius 1 is 0.944 bits per heavy atom. The van der Waals surface area contributed by atoms with Crippen molar-refractivity contribution >= 4 is 11.8 Å². The van der Waals surface area contributed by atoms with E-state index < -0.39 is 6.04 Å². The average Bonchev–Trinajstić information content (AvgIpc) is 3.65. The van der Waals surface area contributed by atoms with Crippen molar-refractivity contribution in [1.82, 2.24) is 14.7 Å². The first-order valence-electron chi connectivity index (χ1n) is 13.6. The predicted molar refractivity (Wildman–Crippen MR) is 138 cm³/mol. The number of carbonyl (C=O) groups is 2. The van der Waals surface area contributed by atoms with Crippen molar-refractivity contribution in [3.05, 3.63) is 71.8 Å². The molecule has 0 unspecified atom stereocenters. The van der Waals surface area contributed by atoms with Crippen LogP contribution in [-0.4, -0.2) is 70.9 Å². The van der Waals surface area contributed by atoms with Gasteiger partial charge in [-0.2, -0.15) is 0 Å². The van der Waals surface area contributed by atoms with Gasteiger partial charge in [0, 0.05) is 31.8 Å². The number of hydrogen-bond donors (Lipinski definition) is 0. The van der Waals surface area contributed by atoms with E-state index in [1.54, 1.807) is 0 Å². The molecule has 4 heterocycles. The van der Waals surface area contributed by atoms with Gasteiger partial charge in [-0.1, -0.05) is 60.7 Å². The highest BCUT2D eigenvalue weighted by Crippen LogP contribution is 2.41. The molecule has 6 nitrogen and oxygen atoms in total. The van der Waals surface area contributed by atoms with Gasteiger partial charge in [0.2, 0.25) is 11.8 Å². The molecule has 4 aliphatic rings. The van der Waals surface area contributed by atoms with E-state index >= 15 is 0 Å². The summed E-state index contributed by atoms with van der Waals surface area (Å²) in [5.74, 6) is 0.160. The van der Waals surface area contributed by atoms with Crippen molar-refractivity contribution in [2.75, 3.05) is 20.2 Å². The van der Waals surface area contributed by atoms with Crippen LogP contribution in [0.3, 0.4) is 0 Å². The molecular formula is C30H37N3O3. The molecule has 6 heteroatoms. The normalized spacial score (nSPS) is 30.0. The second-order valence-corrected chi connectivity index (χ2v) is 11.1. The van der Waals surface area contributed by atoms with E-state index in [4.69, 9.17) is 4.74 Å². The first kappa shape index (κ1) is 23.7. The number of likely N-dealkylation sites (N-methyl/N-ethyl adjacent to an activating group) is 1. The molecule has 4 aliphatic heterocycles. The highest BCUT2D eigenvalue weighted by atomic mass is 16.5. The Hall–Kier alpha value is -2.70. The second-order valence-electron chi connectivity index (χ2n) is 11.1. The van der Waals surface area contributed by atoms with Gasteiger partial charge in [-0.25, -0.2) is 0 Å². The standard InChI is InChI=1S/C30H37N3O3/c1-31(19-21-8-4-2-5-9-21)28(22-10-6-3-7-11-22)30(35)32-20-23(18-27-26(32)16-17-36-27)29(34)33-24-12-13-25(33)15-14-24/h2-11,23-28H,12-20H2,1H3/t23-,24?,25?,26+,27-,28-/m1/s1. The number of rotatable bonds is 6. The van der Waals surface area contributed by atoms with Crippen LogP contribution in [-0.2, 0) is 20.9 Å². The van der Waals surface area contributed by atoms with Gasteiger partial charge < -0.3 is 14.5 Å². The quantitative estimate of drug-likeness (QED) is 0.618. The van der Waals surface area contributed by atoms with Gasteiger partial charge in [-0.3, -0.25) is 14.5 Å². The third-order valence-electron chi connectivity index (χ3n) is 8.91. The van der Waals surface area contributed by atoms with Crippen molar-refractivity contribution in [3.8, 4) is 0 Å². The number of hydrogen-bond acceptors (Lipinski definition) is 4. The molecule has 6 rings (SSSR count). The molecule has 36 heavy (non-hydrogen) atoms. The van der Waals surface area contributed by atoms with Crippen LogP contribution in [0.25, 0.3) is 0 Å². The van der Waals surface area contributed by atoms with Crippen LogP contribution in [0.4, 0.5) is 0 Å². The molecule has 0 aromatic heterocycles. The Labute approximate surface area is 214 Å². The molecule has 2 aromatic carbocycles. The monoisotopic (exact) mass is 487 g/mol. The first-order chi connectivity index (χ1) is 17.6. The fourth-order valence-corrected chi connectivity index (χ4v) is 7.20. The number of fused-ring (bicyclic) bond motifs is 3. The maximum absolute atomic E-state index is 14.4. The number of benzene rings is 2. The smallest absolute Gasteiger partial charge is 0.244 e. The Kier molecular flexibility index (Phi) is 6.57. The summed E-state index contributed by atoms with van der Waals surface area (Å²) in [6.07, 6.45) is 6.06. The molecule has 2 aromatic rings. The lowest BCUT2D eigenvalue weighted by atomic mass is 9.87. The summed E-state index contributed by atoms with van der Waals surface area (Å²) in [4.78, 5) is 34.5. The number of likely N-dealkylation sites (tertiary alicyclic amines) is 1. The summed E-state index contributed by atoms with van der Waals surface area (Å²) < 4.78 is 6.11. The van der Waals surface area contributed by atoms with Crippen molar-refractivity contribution < 1.29 is 14.3 Å². The highest BCUT2D eigenvalue weighted by Gasteiger charge is 2.50. The molecule has 4 atom stereocenters. The Morgan fingerprint density at radius 3 is 2.25 bits per heavy atom. The maximum atomic E-state index is 14.4. The molecule has 0 aliphatic carbocycles. The third-order valence-corrected chi connectivity index (χ3v) is 8.91. The Morgan fingerprint density at radius 2 is 1.58 bits per heavy atom. The van der Waals surface area contributed by atoms with Crippen LogP contribution < -0.4 is 0 Å². The fraction of sp³-hybridized carbons (Fsp3) is 0.533. The minimum absolute atomic E-state index is 0.0484. The molecule has 2 amide bonds. The summed E-state index contributed by atoms with van der Waals surface area (Å²) in [5.41, 5.74) is 2.16. The highest BCUT2D eigenvalue weighted by molar-refractivity contribution is 5.86. The van der Waals surface area contributed by atoms with E-state index in [0.717, 1.165) is 44.1 Å². The maximum Gasteiger partial charge on any atom is 0.244 e. The molecule has 2 bridgehead atoms. The van der Waals surface area contributed by atoms with E-state index in [0.29, 0.717) is 31.8 Å². The van der Waals surface area contributed by atoms with E-state index in [9.17, 15) is 9.59 Å². The van der Waals surface area contributed by atoms with Crippen LogP contribution in [0.5, 0.6) is 0 Å². The lowest BCUT2D eigenvalue weighted by Gasteiger charge is -2.44. The van der Waals surface area contributed by atoms with Crippen LogP contribution >= 0.6 is 0 Å². The molecule has 0 spiro atoms. The molecular weight excluding hydrogens is 450 g/mol. The predicted octanol–water partition coefficient (Wildman–Crippen LogP) is 4.02.